The number of carbonyl (C=O) groups is 2. The molecule has 2 unspecified atom stereocenters. The Morgan fingerprint density at radius 2 is 1.50 bits per heavy atom. The minimum atomic E-state index is -6.37. The van der Waals surface area contributed by atoms with E-state index in [4.69, 9.17) is 0 Å². The maximum absolute atomic E-state index is 15.0. The first kappa shape index (κ1) is 34.1. The monoisotopic (exact) mass is 679 g/mol. The molecule has 0 spiro atoms. The second kappa shape index (κ2) is 11.2. The predicted octanol–water partition coefficient (Wildman–Crippen LogP) is 5.76. The zero-order valence-electron chi connectivity index (χ0n) is 24.6. The van der Waals surface area contributed by atoms with Gasteiger partial charge in [-0.25, -0.2) is 12.8 Å². The van der Waals surface area contributed by atoms with Gasteiger partial charge in [-0.2, -0.15) is 26.3 Å². The number of aryl methyl sites for hydroxylation is 2. The van der Waals surface area contributed by atoms with Crippen molar-refractivity contribution in [2.45, 2.75) is 97.6 Å². The Morgan fingerprint density at radius 3 is 2.02 bits per heavy atom. The summed E-state index contributed by atoms with van der Waals surface area (Å²) in [4.78, 5) is 26.3. The van der Waals surface area contributed by atoms with Crippen LogP contribution in [0.1, 0.15) is 67.7 Å². The van der Waals surface area contributed by atoms with Gasteiger partial charge in [-0.05, 0) is 80.2 Å². The van der Waals surface area contributed by atoms with Crippen molar-refractivity contribution in [3.8, 4) is 0 Å². The van der Waals surface area contributed by atoms with E-state index in [0.717, 1.165) is 11.6 Å². The quantitative estimate of drug-likeness (QED) is 0.376. The van der Waals surface area contributed by atoms with Gasteiger partial charge in [0.15, 0.2) is 9.84 Å². The molecule has 1 amide bonds. The van der Waals surface area contributed by atoms with E-state index in [-0.39, 0.29) is 67.5 Å². The third kappa shape index (κ3) is 4.99. The molecular weight excluding hydrogens is 647 g/mol. The van der Waals surface area contributed by atoms with Crippen LogP contribution in [0, 0.1) is 5.92 Å². The fraction of sp³-hybridized carbons (Fsp3) is 0.548. The summed E-state index contributed by atoms with van der Waals surface area (Å²) in [5.41, 5.74) is -9.03. The van der Waals surface area contributed by atoms with Gasteiger partial charge in [0.1, 0.15) is 10.3 Å². The van der Waals surface area contributed by atoms with E-state index >= 15 is 4.39 Å². The molecule has 1 saturated carbocycles. The highest BCUT2D eigenvalue weighted by Gasteiger charge is 2.74. The number of carboxylic acids is 1. The number of sulfone groups is 1. The number of aliphatic carboxylic acids is 1. The van der Waals surface area contributed by atoms with E-state index in [9.17, 15) is 54.6 Å². The van der Waals surface area contributed by atoms with E-state index < -0.39 is 67.6 Å². The molecule has 7 nitrogen and oxygen atoms in total. The fourth-order valence-corrected chi connectivity index (χ4v) is 9.78. The minimum Gasteiger partial charge on any atom is -0.481 e. The Bertz CT molecular complexity index is 1620. The van der Waals surface area contributed by atoms with Gasteiger partial charge in [0.05, 0.1) is 16.9 Å². The molecule has 0 radical (unpaired) electrons. The number of alkyl halides is 7. The van der Waals surface area contributed by atoms with Gasteiger partial charge in [0.25, 0.3) is 5.91 Å². The van der Waals surface area contributed by atoms with Gasteiger partial charge in [0.2, 0.25) is 0 Å². The maximum Gasteiger partial charge on any atom is 0.435 e. The average molecular weight is 680 g/mol. The van der Waals surface area contributed by atoms with E-state index in [1.54, 1.807) is 12.1 Å². The summed E-state index contributed by atoms with van der Waals surface area (Å²) in [6, 6.07) is 6.12. The van der Waals surface area contributed by atoms with Crippen LogP contribution >= 0.6 is 0 Å². The van der Waals surface area contributed by atoms with Crippen molar-refractivity contribution >= 4 is 21.7 Å². The lowest BCUT2D eigenvalue weighted by molar-refractivity contribution is -0.348. The lowest BCUT2D eigenvalue weighted by Crippen LogP contribution is -2.57. The molecule has 2 N–H and O–H groups in total. The van der Waals surface area contributed by atoms with Gasteiger partial charge in [0, 0.05) is 12.1 Å². The first-order valence-electron chi connectivity index (χ1n) is 14.8. The number of nitrogens with zero attached hydrogens (tertiary/aromatic N) is 1. The van der Waals surface area contributed by atoms with Gasteiger partial charge < -0.3 is 15.1 Å². The molecule has 2 aromatic carbocycles. The molecule has 1 heterocycles. The first-order valence-corrected chi connectivity index (χ1v) is 16.3. The summed E-state index contributed by atoms with van der Waals surface area (Å²) in [6.45, 7) is 1.62. The van der Waals surface area contributed by atoms with Crippen molar-refractivity contribution in [2.75, 3.05) is 6.54 Å². The first-order chi connectivity index (χ1) is 21.2. The number of hydrogen-bond donors (Lipinski definition) is 2. The smallest absolute Gasteiger partial charge is 0.435 e. The van der Waals surface area contributed by atoms with Crippen LogP contribution in [-0.4, -0.2) is 65.9 Å². The molecule has 2 aliphatic carbocycles. The summed E-state index contributed by atoms with van der Waals surface area (Å²) < 4.78 is 124. The number of carbonyl (C=O) groups excluding carboxylic acids is 1. The topological polar surface area (TPSA) is 112 Å². The van der Waals surface area contributed by atoms with Crippen molar-refractivity contribution < 1.29 is 59.0 Å². The molecule has 5 rings (SSSR count). The van der Waals surface area contributed by atoms with Gasteiger partial charge >= 0.3 is 24.0 Å². The Balaban J connectivity index is 1.64. The molecular formula is C31H32F7NO6S. The standard InChI is InChI=1S/C31H32F7NO6S/c1-2-18-3-7-22(8-4-18)46(44,45)28-15-16-39(26(42)27(43)13-11-19(12-14-27)25(40)41)24(28)10-5-20-17-21(6-9-23(20)28)29(32,30(33,34)35)31(36,37)38/h3-4,6-9,17,19,24,43H,2,5,10-16H2,1H3,(H,40,41)/t19-,24?,27+,28?. The van der Waals surface area contributed by atoms with Crippen LogP contribution in [0.25, 0.3) is 0 Å². The van der Waals surface area contributed by atoms with Crippen LogP contribution in [0.5, 0.6) is 0 Å². The second-order valence-corrected chi connectivity index (χ2v) is 14.6. The molecule has 2 atom stereocenters. The number of rotatable bonds is 6. The molecule has 1 saturated heterocycles. The Labute approximate surface area is 260 Å². The van der Waals surface area contributed by atoms with Crippen molar-refractivity contribution in [3.05, 3.63) is 64.7 Å². The summed E-state index contributed by atoms with van der Waals surface area (Å²) in [5.74, 6) is -2.67. The lowest BCUT2D eigenvalue weighted by atomic mass is 9.75. The molecule has 252 valence electrons. The zero-order chi connectivity index (χ0) is 34.1. The number of hydrogen-bond acceptors (Lipinski definition) is 5. The number of halogens is 7. The number of carboxylic acid groups (broad SMARTS) is 1. The van der Waals surface area contributed by atoms with E-state index in [1.807, 2.05) is 6.92 Å². The molecule has 0 bridgehead atoms. The summed E-state index contributed by atoms with van der Waals surface area (Å²) in [5, 5.41) is 20.7. The number of likely N-dealkylation sites (tertiary alicyclic amines) is 1. The number of fused-ring (bicyclic) bond motifs is 3. The molecule has 46 heavy (non-hydrogen) atoms. The molecule has 2 fully saturated rings. The number of amides is 1. The van der Waals surface area contributed by atoms with Crippen LogP contribution in [-0.2, 0) is 42.7 Å². The normalized spacial score (nSPS) is 27.2. The Morgan fingerprint density at radius 1 is 0.913 bits per heavy atom. The highest BCUT2D eigenvalue weighted by atomic mass is 32.2. The van der Waals surface area contributed by atoms with E-state index in [2.05, 4.69) is 0 Å². The van der Waals surface area contributed by atoms with Gasteiger partial charge in [-0.1, -0.05) is 37.3 Å². The van der Waals surface area contributed by atoms with Crippen LogP contribution in [0.15, 0.2) is 47.4 Å². The van der Waals surface area contributed by atoms with Crippen molar-refractivity contribution in [3.63, 3.8) is 0 Å². The van der Waals surface area contributed by atoms with E-state index in [0.29, 0.717) is 18.6 Å². The molecule has 15 heteroatoms. The highest BCUT2D eigenvalue weighted by Crippen LogP contribution is 2.57. The van der Waals surface area contributed by atoms with Crippen molar-refractivity contribution in [2.24, 2.45) is 5.92 Å². The second-order valence-electron chi connectivity index (χ2n) is 12.4. The van der Waals surface area contributed by atoms with Crippen LogP contribution in [0.4, 0.5) is 30.7 Å². The van der Waals surface area contributed by atoms with Gasteiger partial charge in [-0.15, -0.1) is 0 Å². The lowest BCUT2D eigenvalue weighted by Gasteiger charge is -2.45. The molecule has 2 aromatic rings. The minimum absolute atomic E-state index is 0.00169. The summed E-state index contributed by atoms with van der Waals surface area (Å²) in [6.07, 6.45) is -13.4. The Kier molecular flexibility index (Phi) is 8.32. The fourth-order valence-electron chi connectivity index (χ4n) is 7.41. The number of aliphatic hydroxyl groups is 1. The highest BCUT2D eigenvalue weighted by molar-refractivity contribution is 7.92. The Hall–Kier alpha value is -3.20. The van der Waals surface area contributed by atoms with Crippen LogP contribution in [0.2, 0.25) is 0 Å². The van der Waals surface area contributed by atoms with Crippen LogP contribution < -0.4 is 0 Å². The van der Waals surface area contributed by atoms with E-state index in [1.165, 1.54) is 17.0 Å². The van der Waals surface area contributed by atoms with Crippen molar-refractivity contribution in [1.29, 1.82) is 0 Å². The summed E-state index contributed by atoms with van der Waals surface area (Å²) in [7, 11) is -4.53. The third-order valence-corrected chi connectivity index (χ3v) is 12.6. The molecule has 0 aromatic heterocycles. The molecule has 1 aliphatic heterocycles. The van der Waals surface area contributed by atoms with Gasteiger partial charge in [-0.3, -0.25) is 9.59 Å². The summed E-state index contributed by atoms with van der Waals surface area (Å²) >= 11 is 0. The zero-order valence-corrected chi connectivity index (χ0v) is 25.4. The average Bonchev–Trinajstić information content (AvgIpc) is 3.40. The van der Waals surface area contributed by atoms with Crippen LogP contribution in [0.3, 0.4) is 0 Å². The maximum atomic E-state index is 15.0. The number of benzene rings is 2. The third-order valence-electron chi connectivity index (χ3n) is 10.0. The SMILES string of the molecule is CCc1ccc(S(=O)(=O)C23CCN(C(=O)[C@]4(O)CC[C@@H](C(=O)O)CC4)C2CCc2cc(C(F)(C(F)(F)F)C(F)(F)F)ccc23)cc1. The van der Waals surface area contributed by atoms with Crippen molar-refractivity contribution in [1.82, 2.24) is 4.90 Å². The predicted molar refractivity (Wildman–Crippen MR) is 149 cm³/mol. The molecule has 3 aliphatic rings. The largest absolute Gasteiger partial charge is 0.481 e.